The monoisotopic (exact) mass is 388 g/mol. The fourth-order valence-corrected chi connectivity index (χ4v) is 3.27. The first-order chi connectivity index (χ1) is 10.1. The van der Waals surface area contributed by atoms with Gasteiger partial charge in [0.2, 0.25) is 0 Å². The van der Waals surface area contributed by atoms with Crippen molar-refractivity contribution in [1.29, 1.82) is 0 Å². The van der Waals surface area contributed by atoms with Gasteiger partial charge in [0, 0.05) is 11.1 Å². The van der Waals surface area contributed by atoms with Crippen molar-refractivity contribution in [2.24, 2.45) is 0 Å². The van der Waals surface area contributed by atoms with E-state index < -0.39 is 0 Å². The molecule has 0 fully saturated rings. The molecule has 2 nitrogen and oxygen atoms in total. The number of hydrogen-bond donors (Lipinski definition) is 0. The van der Waals surface area contributed by atoms with E-state index in [9.17, 15) is 0 Å². The molecule has 0 radical (unpaired) electrons. The summed E-state index contributed by atoms with van der Waals surface area (Å²) in [5, 5.41) is 1.15. The van der Waals surface area contributed by atoms with Crippen LogP contribution < -0.4 is 9.47 Å². The maximum Gasteiger partial charge on any atom is 0.139 e. The minimum atomic E-state index is -0.0757. The van der Waals surface area contributed by atoms with Crippen LogP contribution >= 0.6 is 39.1 Å². The number of hydrogen-bond acceptors (Lipinski definition) is 2. The Balaban J connectivity index is 2.38. The largest absolute Gasteiger partial charge is 0.497 e. The molecule has 2 aromatic rings. The number of rotatable bonds is 5. The summed E-state index contributed by atoms with van der Waals surface area (Å²) in [4.78, 5) is -0.0757. The van der Waals surface area contributed by atoms with Crippen LogP contribution in [0.2, 0.25) is 10.0 Å². The molecule has 0 spiro atoms. The molecule has 0 aliphatic carbocycles. The maximum atomic E-state index is 6.36. The van der Waals surface area contributed by atoms with Crippen LogP contribution in [0, 0.1) is 0 Å². The summed E-state index contributed by atoms with van der Waals surface area (Å²) in [5.74, 6) is 1.39. The third-order valence-corrected chi connectivity index (χ3v) is 4.66. The minimum Gasteiger partial charge on any atom is -0.497 e. The lowest BCUT2D eigenvalue weighted by Gasteiger charge is -2.16. The van der Waals surface area contributed by atoms with Crippen LogP contribution in [-0.2, 0) is 0 Å². The van der Waals surface area contributed by atoms with Crippen molar-refractivity contribution >= 4 is 39.1 Å². The fraction of sp³-hybridized carbons (Fsp3) is 0.250. The van der Waals surface area contributed by atoms with Gasteiger partial charge in [0.15, 0.2) is 0 Å². The van der Waals surface area contributed by atoms with E-state index in [1.54, 1.807) is 13.2 Å². The molecule has 1 unspecified atom stereocenters. The van der Waals surface area contributed by atoms with Gasteiger partial charge in [-0.3, -0.25) is 0 Å². The molecule has 0 bridgehead atoms. The summed E-state index contributed by atoms with van der Waals surface area (Å²) in [6.45, 7) is 2.45. The van der Waals surface area contributed by atoms with E-state index in [4.69, 9.17) is 32.7 Å². The van der Waals surface area contributed by atoms with E-state index in [0.717, 1.165) is 16.9 Å². The predicted molar refractivity (Wildman–Crippen MR) is 91.4 cm³/mol. The number of ether oxygens (including phenoxy) is 2. The van der Waals surface area contributed by atoms with Crippen molar-refractivity contribution in [1.82, 2.24) is 0 Å². The third kappa shape index (κ3) is 3.85. The molecule has 0 N–H and O–H groups in total. The van der Waals surface area contributed by atoms with Gasteiger partial charge in [-0.25, -0.2) is 0 Å². The molecule has 0 heterocycles. The molecule has 0 aliphatic heterocycles. The van der Waals surface area contributed by atoms with Gasteiger partial charge in [-0.1, -0.05) is 51.3 Å². The summed E-state index contributed by atoms with van der Waals surface area (Å²) in [5.41, 5.74) is 1.93. The maximum absolute atomic E-state index is 6.36. The van der Waals surface area contributed by atoms with Gasteiger partial charge in [0.25, 0.3) is 0 Å². The van der Waals surface area contributed by atoms with Crippen molar-refractivity contribution in [3.05, 3.63) is 57.6 Å². The molecule has 1 atom stereocenters. The molecule has 21 heavy (non-hydrogen) atoms. The second kappa shape index (κ2) is 7.39. The second-order valence-electron chi connectivity index (χ2n) is 4.38. The van der Waals surface area contributed by atoms with Crippen LogP contribution in [-0.4, -0.2) is 13.7 Å². The summed E-state index contributed by atoms with van der Waals surface area (Å²) < 4.78 is 10.7. The fourth-order valence-electron chi connectivity index (χ4n) is 1.98. The van der Waals surface area contributed by atoms with E-state index in [2.05, 4.69) is 15.9 Å². The highest BCUT2D eigenvalue weighted by atomic mass is 79.9. The number of benzene rings is 2. The molecular weight excluding hydrogens is 375 g/mol. The first-order valence-electron chi connectivity index (χ1n) is 6.46. The SMILES string of the molecule is CCOc1cc(Cl)c(C(Br)c2cccc(OC)c2)cc1Cl. The van der Waals surface area contributed by atoms with Crippen molar-refractivity contribution in [3.63, 3.8) is 0 Å². The topological polar surface area (TPSA) is 18.5 Å². The Morgan fingerprint density at radius 2 is 1.90 bits per heavy atom. The van der Waals surface area contributed by atoms with Crippen LogP contribution in [0.4, 0.5) is 0 Å². The summed E-state index contributed by atoms with van der Waals surface area (Å²) in [6, 6.07) is 11.4. The number of alkyl halides is 1. The minimum absolute atomic E-state index is 0.0757. The summed E-state index contributed by atoms with van der Waals surface area (Å²) in [6.07, 6.45) is 0. The van der Waals surface area contributed by atoms with Crippen molar-refractivity contribution in [3.8, 4) is 11.5 Å². The molecule has 0 saturated heterocycles. The van der Waals surface area contributed by atoms with Gasteiger partial charge in [-0.2, -0.15) is 0 Å². The first kappa shape index (κ1) is 16.5. The lowest BCUT2D eigenvalue weighted by atomic mass is 10.0. The van der Waals surface area contributed by atoms with E-state index in [-0.39, 0.29) is 4.83 Å². The Bertz CT molecular complexity index is 632. The number of methoxy groups -OCH3 is 1. The van der Waals surface area contributed by atoms with Crippen molar-refractivity contribution < 1.29 is 9.47 Å². The van der Waals surface area contributed by atoms with Crippen molar-refractivity contribution in [2.75, 3.05) is 13.7 Å². The molecule has 0 aromatic heterocycles. The van der Waals surface area contributed by atoms with Gasteiger partial charge in [0.1, 0.15) is 11.5 Å². The highest BCUT2D eigenvalue weighted by Gasteiger charge is 2.17. The Labute approximate surface area is 143 Å². The zero-order valence-electron chi connectivity index (χ0n) is 11.7. The molecule has 0 amide bonds. The molecule has 0 saturated carbocycles. The van der Waals surface area contributed by atoms with Crippen LogP contribution in [0.25, 0.3) is 0 Å². The van der Waals surface area contributed by atoms with Crippen LogP contribution in [0.3, 0.4) is 0 Å². The molecular formula is C16H15BrCl2O2. The third-order valence-electron chi connectivity index (χ3n) is 3.01. The summed E-state index contributed by atoms with van der Waals surface area (Å²) >= 11 is 16.3. The van der Waals surface area contributed by atoms with Gasteiger partial charge in [0.05, 0.1) is 23.6 Å². The highest BCUT2D eigenvalue weighted by Crippen LogP contribution is 2.40. The molecule has 2 aromatic carbocycles. The van der Waals surface area contributed by atoms with E-state index >= 15 is 0 Å². The van der Waals surface area contributed by atoms with E-state index in [1.807, 2.05) is 37.3 Å². The summed E-state index contributed by atoms with van der Waals surface area (Å²) in [7, 11) is 1.64. The first-order valence-corrected chi connectivity index (χ1v) is 8.13. The number of halogens is 3. The Kier molecular flexibility index (Phi) is 5.80. The van der Waals surface area contributed by atoms with E-state index in [0.29, 0.717) is 22.4 Å². The van der Waals surface area contributed by atoms with Gasteiger partial charge in [-0.05, 0) is 36.2 Å². The normalized spacial score (nSPS) is 12.0. The van der Waals surface area contributed by atoms with Gasteiger partial charge in [-0.15, -0.1) is 0 Å². The Morgan fingerprint density at radius 1 is 1.14 bits per heavy atom. The molecule has 112 valence electrons. The van der Waals surface area contributed by atoms with Crippen molar-refractivity contribution in [2.45, 2.75) is 11.8 Å². The lowest BCUT2D eigenvalue weighted by Crippen LogP contribution is -1.98. The van der Waals surface area contributed by atoms with Gasteiger partial charge < -0.3 is 9.47 Å². The zero-order valence-corrected chi connectivity index (χ0v) is 14.8. The average molecular weight is 390 g/mol. The standard InChI is InChI=1S/C16H15BrCl2O2/c1-3-21-15-9-13(18)12(8-14(15)19)16(17)10-5-4-6-11(7-10)20-2/h4-9,16H,3H2,1-2H3. The van der Waals surface area contributed by atoms with E-state index in [1.165, 1.54) is 0 Å². The highest BCUT2D eigenvalue weighted by molar-refractivity contribution is 9.09. The zero-order chi connectivity index (χ0) is 15.4. The van der Waals surface area contributed by atoms with Crippen LogP contribution in [0.15, 0.2) is 36.4 Å². The molecule has 5 heteroatoms. The quantitative estimate of drug-likeness (QED) is 0.594. The Hall–Kier alpha value is -0.900. The van der Waals surface area contributed by atoms with Crippen LogP contribution in [0.1, 0.15) is 22.9 Å². The van der Waals surface area contributed by atoms with Gasteiger partial charge >= 0.3 is 0 Å². The second-order valence-corrected chi connectivity index (χ2v) is 6.11. The Morgan fingerprint density at radius 3 is 2.57 bits per heavy atom. The smallest absolute Gasteiger partial charge is 0.139 e. The predicted octanol–water partition coefficient (Wildman–Crippen LogP) is 5.89. The van der Waals surface area contributed by atoms with Crippen LogP contribution in [0.5, 0.6) is 11.5 Å². The lowest BCUT2D eigenvalue weighted by molar-refractivity contribution is 0.340. The molecule has 0 aliphatic rings. The average Bonchev–Trinajstić information content (AvgIpc) is 2.50. The molecule has 2 rings (SSSR count).